The quantitative estimate of drug-likeness (QED) is 0.537. The molecule has 3 N–H and O–H groups in total. The van der Waals surface area contributed by atoms with E-state index >= 15 is 0 Å². The Morgan fingerprint density at radius 2 is 2.00 bits per heavy atom. The summed E-state index contributed by atoms with van der Waals surface area (Å²) >= 11 is 0. The number of aliphatic hydroxyl groups excluding tert-OH is 1. The molecule has 0 spiro atoms. The fraction of sp³-hybridized carbons (Fsp3) is 1.00. The molecular formula is C8H19NO2. The summed E-state index contributed by atoms with van der Waals surface area (Å²) in [5.74, 6) is 0. The SMILES string of the molecule is CC(CCO)NCC(C)(C)O. The first kappa shape index (κ1) is 10.9. The Balaban J connectivity index is 3.38. The molecule has 11 heavy (non-hydrogen) atoms. The van der Waals surface area contributed by atoms with E-state index in [1.807, 2.05) is 6.92 Å². The van der Waals surface area contributed by atoms with Gasteiger partial charge in [-0.2, -0.15) is 0 Å². The molecule has 1 atom stereocenters. The minimum absolute atomic E-state index is 0.194. The third-order valence-corrected chi connectivity index (χ3v) is 1.45. The zero-order valence-electron chi connectivity index (χ0n) is 7.59. The fourth-order valence-electron chi connectivity index (χ4n) is 0.720. The van der Waals surface area contributed by atoms with Crippen molar-refractivity contribution in [3.63, 3.8) is 0 Å². The summed E-state index contributed by atoms with van der Waals surface area (Å²) in [4.78, 5) is 0. The van der Waals surface area contributed by atoms with Gasteiger partial charge in [-0.3, -0.25) is 0 Å². The van der Waals surface area contributed by atoms with Gasteiger partial charge in [0, 0.05) is 19.2 Å². The second-order valence-corrected chi connectivity index (χ2v) is 3.61. The van der Waals surface area contributed by atoms with Crippen LogP contribution in [-0.4, -0.2) is 35.0 Å². The van der Waals surface area contributed by atoms with Gasteiger partial charge in [-0.05, 0) is 27.2 Å². The number of hydrogen-bond acceptors (Lipinski definition) is 3. The maximum Gasteiger partial charge on any atom is 0.0715 e. The second-order valence-electron chi connectivity index (χ2n) is 3.61. The third-order valence-electron chi connectivity index (χ3n) is 1.45. The lowest BCUT2D eigenvalue weighted by Crippen LogP contribution is -2.39. The molecule has 3 heteroatoms. The highest BCUT2D eigenvalue weighted by molar-refractivity contribution is 4.71. The van der Waals surface area contributed by atoms with Crippen LogP contribution in [0.15, 0.2) is 0 Å². The van der Waals surface area contributed by atoms with Crippen LogP contribution in [0.1, 0.15) is 27.2 Å². The average Bonchev–Trinajstić information content (AvgIpc) is 1.83. The molecular weight excluding hydrogens is 142 g/mol. The Morgan fingerprint density at radius 3 is 2.36 bits per heavy atom. The van der Waals surface area contributed by atoms with Crippen molar-refractivity contribution in [1.29, 1.82) is 0 Å². The first-order valence-corrected chi connectivity index (χ1v) is 4.02. The predicted molar refractivity (Wildman–Crippen MR) is 45.5 cm³/mol. The lowest BCUT2D eigenvalue weighted by Gasteiger charge is -2.21. The van der Waals surface area contributed by atoms with E-state index in [0.29, 0.717) is 6.54 Å². The minimum Gasteiger partial charge on any atom is -0.396 e. The number of rotatable bonds is 5. The van der Waals surface area contributed by atoms with Crippen LogP contribution in [0.4, 0.5) is 0 Å². The lowest BCUT2D eigenvalue weighted by molar-refractivity contribution is 0.0758. The molecule has 0 bridgehead atoms. The number of hydrogen-bond donors (Lipinski definition) is 3. The maximum absolute atomic E-state index is 9.31. The molecule has 0 aromatic rings. The Hall–Kier alpha value is -0.120. The molecule has 0 aliphatic heterocycles. The van der Waals surface area contributed by atoms with Crippen LogP contribution < -0.4 is 5.32 Å². The summed E-state index contributed by atoms with van der Waals surface area (Å²) in [6, 6.07) is 0.270. The molecule has 68 valence electrons. The van der Waals surface area contributed by atoms with Crippen LogP contribution in [0.3, 0.4) is 0 Å². The predicted octanol–water partition coefficient (Wildman–Crippen LogP) is 0.118. The molecule has 0 aromatic carbocycles. The van der Waals surface area contributed by atoms with Crippen molar-refractivity contribution in [2.75, 3.05) is 13.2 Å². The maximum atomic E-state index is 9.31. The van der Waals surface area contributed by atoms with Crippen molar-refractivity contribution in [3.8, 4) is 0 Å². The van der Waals surface area contributed by atoms with Crippen LogP contribution in [0.2, 0.25) is 0 Å². The first-order chi connectivity index (χ1) is 4.95. The van der Waals surface area contributed by atoms with Gasteiger partial charge in [0.25, 0.3) is 0 Å². The summed E-state index contributed by atoms with van der Waals surface area (Å²) < 4.78 is 0. The van der Waals surface area contributed by atoms with Gasteiger partial charge in [-0.1, -0.05) is 0 Å². The van der Waals surface area contributed by atoms with Crippen LogP contribution in [0, 0.1) is 0 Å². The molecule has 3 nitrogen and oxygen atoms in total. The standard InChI is InChI=1S/C8H19NO2/c1-7(4-5-10)9-6-8(2,3)11/h7,9-11H,4-6H2,1-3H3. The Kier molecular flexibility index (Phi) is 4.65. The molecule has 0 aliphatic rings. The molecule has 0 amide bonds. The lowest BCUT2D eigenvalue weighted by atomic mass is 10.1. The molecule has 0 saturated carbocycles. The van der Waals surface area contributed by atoms with E-state index < -0.39 is 5.60 Å². The van der Waals surface area contributed by atoms with E-state index in [1.165, 1.54) is 0 Å². The van der Waals surface area contributed by atoms with Crippen LogP contribution in [-0.2, 0) is 0 Å². The monoisotopic (exact) mass is 161 g/mol. The highest BCUT2D eigenvalue weighted by Crippen LogP contribution is 1.99. The highest BCUT2D eigenvalue weighted by atomic mass is 16.3. The fourth-order valence-corrected chi connectivity index (χ4v) is 0.720. The van der Waals surface area contributed by atoms with Gasteiger partial charge >= 0.3 is 0 Å². The van der Waals surface area contributed by atoms with Crippen molar-refractivity contribution in [2.45, 2.75) is 38.8 Å². The minimum atomic E-state index is -0.663. The summed E-state index contributed by atoms with van der Waals surface area (Å²) in [5, 5.41) is 21.0. The Morgan fingerprint density at radius 1 is 1.45 bits per heavy atom. The van der Waals surface area contributed by atoms with Crippen LogP contribution in [0.5, 0.6) is 0 Å². The number of nitrogens with one attached hydrogen (secondary N) is 1. The molecule has 0 aliphatic carbocycles. The van der Waals surface area contributed by atoms with Gasteiger partial charge in [0.1, 0.15) is 0 Å². The topological polar surface area (TPSA) is 52.5 Å². The van der Waals surface area contributed by atoms with E-state index in [0.717, 1.165) is 6.42 Å². The first-order valence-electron chi connectivity index (χ1n) is 4.02. The highest BCUT2D eigenvalue weighted by Gasteiger charge is 2.12. The normalized spacial score (nSPS) is 15.0. The Labute approximate surface area is 68.4 Å². The zero-order valence-corrected chi connectivity index (χ0v) is 7.59. The average molecular weight is 161 g/mol. The third kappa shape index (κ3) is 7.78. The van der Waals surface area contributed by atoms with E-state index in [2.05, 4.69) is 5.32 Å². The van der Waals surface area contributed by atoms with E-state index in [1.54, 1.807) is 13.8 Å². The van der Waals surface area contributed by atoms with Gasteiger partial charge < -0.3 is 15.5 Å². The molecule has 1 unspecified atom stereocenters. The van der Waals surface area contributed by atoms with Gasteiger partial charge in [0.05, 0.1) is 5.60 Å². The molecule has 0 saturated heterocycles. The van der Waals surface area contributed by atoms with Crippen molar-refractivity contribution in [3.05, 3.63) is 0 Å². The Bertz CT molecular complexity index is 98.8. The number of aliphatic hydroxyl groups is 2. The molecule has 0 rings (SSSR count). The summed E-state index contributed by atoms with van der Waals surface area (Å²) in [5.41, 5.74) is -0.663. The summed E-state index contributed by atoms with van der Waals surface area (Å²) in [6.45, 7) is 6.26. The van der Waals surface area contributed by atoms with Crippen molar-refractivity contribution in [2.24, 2.45) is 0 Å². The molecule has 0 aromatic heterocycles. The summed E-state index contributed by atoms with van der Waals surface area (Å²) in [6.07, 6.45) is 0.732. The van der Waals surface area contributed by atoms with E-state index in [9.17, 15) is 5.11 Å². The second kappa shape index (κ2) is 4.70. The largest absolute Gasteiger partial charge is 0.396 e. The van der Waals surface area contributed by atoms with Crippen molar-refractivity contribution >= 4 is 0 Å². The van der Waals surface area contributed by atoms with Gasteiger partial charge in [-0.15, -0.1) is 0 Å². The van der Waals surface area contributed by atoms with Crippen LogP contribution in [0.25, 0.3) is 0 Å². The van der Waals surface area contributed by atoms with Crippen molar-refractivity contribution < 1.29 is 10.2 Å². The summed E-state index contributed by atoms with van der Waals surface area (Å²) in [7, 11) is 0. The molecule has 0 heterocycles. The van der Waals surface area contributed by atoms with E-state index in [-0.39, 0.29) is 12.6 Å². The zero-order chi connectivity index (χ0) is 8.91. The molecule has 0 fully saturated rings. The van der Waals surface area contributed by atoms with Crippen molar-refractivity contribution in [1.82, 2.24) is 5.32 Å². The van der Waals surface area contributed by atoms with E-state index in [4.69, 9.17) is 5.11 Å². The van der Waals surface area contributed by atoms with Gasteiger partial charge in [0.2, 0.25) is 0 Å². The molecule has 0 radical (unpaired) electrons. The van der Waals surface area contributed by atoms with Gasteiger partial charge in [-0.25, -0.2) is 0 Å². The van der Waals surface area contributed by atoms with Crippen LogP contribution >= 0.6 is 0 Å². The van der Waals surface area contributed by atoms with Gasteiger partial charge in [0.15, 0.2) is 0 Å². The smallest absolute Gasteiger partial charge is 0.0715 e.